The quantitative estimate of drug-likeness (QED) is 0.276. The molecule has 6 rings (SSSR count). The first-order chi connectivity index (χ1) is 17.7. The molecule has 3 saturated carbocycles. The highest BCUT2D eigenvalue weighted by Crippen LogP contribution is 2.74. The second-order valence-corrected chi connectivity index (χ2v) is 14.2. The Morgan fingerprint density at radius 2 is 1.84 bits per heavy atom. The Labute approximate surface area is 224 Å². The average molecular weight is 505 g/mol. The first-order valence-electron chi connectivity index (χ1n) is 15.3. The molecule has 1 aliphatic heterocycles. The van der Waals surface area contributed by atoms with E-state index in [0.29, 0.717) is 22.8 Å². The van der Waals surface area contributed by atoms with Gasteiger partial charge in [0.1, 0.15) is 6.10 Å². The SMILES string of the molecule is CC(C)CCC[C@@H](C)[C@H]1CC[C@H]2C3=CC[C@H]4C[C@@H](OC(=O)c5ccccc5)C[C@@H]5O[C@@]3(CC[C@]12C)[C@]45C. The van der Waals surface area contributed by atoms with E-state index in [-0.39, 0.29) is 29.2 Å². The van der Waals surface area contributed by atoms with Crippen LogP contribution in [0.5, 0.6) is 0 Å². The lowest BCUT2D eigenvalue weighted by molar-refractivity contribution is -0.353. The van der Waals surface area contributed by atoms with Crippen molar-refractivity contribution in [1.29, 1.82) is 0 Å². The maximum absolute atomic E-state index is 12.8. The molecular formula is C34H48O3. The van der Waals surface area contributed by atoms with E-state index in [0.717, 1.165) is 37.0 Å². The normalized spacial score (nSPS) is 42.6. The van der Waals surface area contributed by atoms with E-state index in [4.69, 9.17) is 9.47 Å². The lowest BCUT2D eigenvalue weighted by Gasteiger charge is -2.73. The van der Waals surface area contributed by atoms with Crippen LogP contribution in [0.1, 0.15) is 109 Å². The smallest absolute Gasteiger partial charge is 0.338 e. The Bertz CT molecular complexity index is 1040. The molecule has 3 nitrogen and oxygen atoms in total. The highest BCUT2D eigenvalue weighted by Gasteiger charge is 2.75. The second-order valence-electron chi connectivity index (χ2n) is 14.2. The van der Waals surface area contributed by atoms with Gasteiger partial charge >= 0.3 is 5.97 Å². The minimum absolute atomic E-state index is 0.0421. The van der Waals surface area contributed by atoms with Crippen LogP contribution in [0.25, 0.3) is 0 Å². The van der Waals surface area contributed by atoms with Crippen LogP contribution in [-0.2, 0) is 9.47 Å². The zero-order valence-electron chi connectivity index (χ0n) is 23.8. The molecule has 9 atom stereocenters. The van der Waals surface area contributed by atoms with E-state index in [1.54, 1.807) is 5.57 Å². The average Bonchev–Trinajstić information content (AvgIpc) is 3.23. The molecule has 0 unspecified atom stereocenters. The van der Waals surface area contributed by atoms with Crippen molar-refractivity contribution in [3.63, 3.8) is 0 Å². The number of carbonyl (C=O) groups excluding carboxylic acids is 1. The van der Waals surface area contributed by atoms with Gasteiger partial charge in [-0.05, 0) is 91.2 Å². The van der Waals surface area contributed by atoms with E-state index < -0.39 is 0 Å². The van der Waals surface area contributed by atoms with Crippen molar-refractivity contribution in [3.8, 4) is 0 Å². The highest BCUT2D eigenvalue weighted by molar-refractivity contribution is 5.89. The predicted molar refractivity (Wildman–Crippen MR) is 148 cm³/mol. The number of rotatable bonds is 7. The van der Waals surface area contributed by atoms with Crippen LogP contribution in [0.4, 0.5) is 0 Å². The number of esters is 1. The van der Waals surface area contributed by atoms with Crippen LogP contribution in [0, 0.1) is 40.4 Å². The summed E-state index contributed by atoms with van der Waals surface area (Å²) in [5, 5.41) is 0. The number of allylic oxidation sites excluding steroid dienone is 1. The van der Waals surface area contributed by atoms with Crippen LogP contribution in [0.2, 0.25) is 0 Å². The van der Waals surface area contributed by atoms with Crippen LogP contribution in [0.15, 0.2) is 42.0 Å². The summed E-state index contributed by atoms with van der Waals surface area (Å²) < 4.78 is 13.0. The standard InChI is InChI=1S/C34H48O3/c1-22(2)10-9-11-23(3)27-16-17-28-29-15-14-25-20-26(36-31(35)24-12-7-6-8-13-24)21-30-33(25,5)34(29,37-30)19-18-32(27,28)4/h6-8,12-13,15,22-23,25-28,30H,9-11,14,16-21H2,1-5H3/t23-,25+,26-,27-,28+,30+,32-,33-,34-/m1/s1. The Balaban J connectivity index is 1.17. The minimum atomic E-state index is -0.191. The first kappa shape index (κ1) is 25.7. The molecule has 0 aromatic heterocycles. The van der Waals surface area contributed by atoms with Gasteiger partial charge in [0, 0.05) is 11.8 Å². The number of hydrogen-bond donors (Lipinski definition) is 0. The maximum Gasteiger partial charge on any atom is 0.338 e. The number of fused-ring (bicyclic) bond motifs is 2. The lowest BCUT2D eigenvalue weighted by atomic mass is 9.41. The number of benzene rings is 1. The molecule has 1 saturated heterocycles. The Hall–Kier alpha value is -1.61. The molecule has 5 aliphatic rings. The Morgan fingerprint density at radius 3 is 2.59 bits per heavy atom. The third-order valence-electron chi connectivity index (χ3n) is 12.1. The molecule has 202 valence electrons. The maximum atomic E-state index is 12.8. The molecule has 0 N–H and O–H groups in total. The van der Waals surface area contributed by atoms with Gasteiger partial charge in [0.25, 0.3) is 0 Å². The van der Waals surface area contributed by atoms with Gasteiger partial charge in [-0.2, -0.15) is 0 Å². The Morgan fingerprint density at radius 1 is 1.05 bits per heavy atom. The third kappa shape index (κ3) is 3.80. The summed E-state index contributed by atoms with van der Waals surface area (Å²) in [6.45, 7) is 12.4. The summed E-state index contributed by atoms with van der Waals surface area (Å²) in [7, 11) is 0. The first-order valence-corrected chi connectivity index (χ1v) is 15.3. The van der Waals surface area contributed by atoms with Crippen LogP contribution in [0.3, 0.4) is 0 Å². The number of carbonyl (C=O) groups is 1. The zero-order chi connectivity index (χ0) is 26.0. The monoisotopic (exact) mass is 504 g/mol. The molecule has 1 aromatic carbocycles. The molecule has 1 heterocycles. The van der Waals surface area contributed by atoms with Crippen molar-refractivity contribution < 1.29 is 14.3 Å². The molecule has 0 bridgehead atoms. The largest absolute Gasteiger partial charge is 0.459 e. The second kappa shape index (κ2) is 9.25. The fourth-order valence-electron chi connectivity index (χ4n) is 9.98. The molecule has 0 radical (unpaired) electrons. The minimum Gasteiger partial charge on any atom is -0.459 e. The third-order valence-corrected chi connectivity index (χ3v) is 12.1. The van der Waals surface area contributed by atoms with Gasteiger partial charge in [-0.15, -0.1) is 0 Å². The van der Waals surface area contributed by atoms with Gasteiger partial charge in [0.05, 0.1) is 17.3 Å². The van der Waals surface area contributed by atoms with Gasteiger partial charge in [0.2, 0.25) is 0 Å². The summed E-state index contributed by atoms with van der Waals surface area (Å²) >= 11 is 0. The fourth-order valence-corrected chi connectivity index (χ4v) is 9.98. The predicted octanol–water partition coefficient (Wildman–Crippen LogP) is 8.38. The molecular weight excluding hydrogens is 456 g/mol. The van der Waals surface area contributed by atoms with Crippen molar-refractivity contribution in [1.82, 2.24) is 0 Å². The van der Waals surface area contributed by atoms with Gasteiger partial charge < -0.3 is 9.47 Å². The molecule has 4 fully saturated rings. The molecule has 0 amide bonds. The fraction of sp³-hybridized carbons (Fsp3) is 0.735. The van der Waals surface area contributed by atoms with E-state index in [1.807, 2.05) is 30.3 Å². The van der Waals surface area contributed by atoms with E-state index in [9.17, 15) is 4.79 Å². The van der Waals surface area contributed by atoms with Crippen molar-refractivity contribution >= 4 is 5.97 Å². The van der Waals surface area contributed by atoms with Gasteiger partial charge in [-0.25, -0.2) is 4.79 Å². The summed E-state index contributed by atoms with van der Waals surface area (Å²) in [4.78, 5) is 12.8. The summed E-state index contributed by atoms with van der Waals surface area (Å²) in [6.07, 6.45) is 15.0. The molecule has 1 aromatic rings. The zero-order valence-corrected chi connectivity index (χ0v) is 23.8. The molecule has 1 spiro atoms. The summed E-state index contributed by atoms with van der Waals surface area (Å²) in [5.41, 5.74) is 2.87. The van der Waals surface area contributed by atoms with E-state index in [1.165, 1.54) is 44.9 Å². The van der Waals surface area contributed by atoms with E-state index >= 15 is 0 Å². The topological polar surface area (TPSA) is 35.5 Å². The van der Waals surface area contributed by atoms with Gasteiger partial charge in [-0.1, -0.05) is 78.2 Å². The summed E-state index contributed by atoms with van der Waals surface area (Å²) in [6, 6.07) is 9.43. The van der Waals surface area contributed by atoms with E-state index in [2.05, 4.69) is 40.7 Å². The van der Waals surface area contributed by atoms with Crippen LogP contribution < -0.4 is 0 Å². The van der Waals surface area contributed by atoms with Gasteiger partial charge in [0.15, 0.2) is 0 Å². The van der Waals surface area contributed by atoms with Gasteiger partial charge in [-0.3, -0.25) is 0 Å². The molecule has 3 heteroatoms. The summed E-state index contributed by atoms with van der Waals surface area (Å²) in [5.74, 6) is 3.51. The van der Waals surface area contributed by atoms with Crippen molar-refractivity contribution in [2.45, 2.75) is 117 Å². The number of hydrogen-bond acceptors (Lipinski definition) is 3. The lowest BCUT2D eigenvalue weighted by Crippen LogP contribution is -2.76. The highest BCUT2D eigenvalue weighted by atomic mass is 16.6. The molecule has 4 aliphatic carbocycles. The van der Waals surface area contributed by atoms with Crippen molar-refractivity contribution in [3.05, 3.63) is 47.5 Å². The number of ether oxygens (including phenoxy) is 2. The Kier molecular flexibility index (Phi) is 6.41. The van der Waals surface area contributed by atoms with Crippen LogP contribution in [-0.4, -0.2) is 23.8 Å². The van der Waals surface area contributed by atoms with Crippen molar-refractivity contribution in [2.75, 3.05) is 0 Å². The van der Waals surface area contributed by atoms with Crippen molar-refractivity contribution in [2.24, 2.45) is 40.4 Å². The molecule has 37 heavy (non-hydrogen) atoms. The van der Waals surface area contributed by atoms with Crippen LogP contribution >= 0.6 is 0 Å².